The van der Waals surface area contributed by atoms with E-state index in [0.717, 1.165) is 25.0 Å². The molecule has 0 rings (SSSR count). The second-order valence-electron chi connectivity index (χ2n) is 3.29. The highest BCUT2D eigenvalue weighted by Gasteiger charge is 2.10. The van der Waals surface area contributed by atoms with Crippen LogP contribution in [-0.2, 0) is 4.79 Å². The summed E-state index contributed by atoms with van der Waals surface area (Å²) in [5.74, 6) is 0.220. The third-order valence-corrected chi connectivity index (χ3v) is 1.72. The molecular weight excluding hydrogens is 150 g/mol. The molecule has 0 aliphatic rings. The van der Waals surface area contributed by atoms with E-state index in [4.69, 9.17) is 0 Å². The van der Waals surface area contributed by atoms with E-state index in [2.05, 4.69) is 18.8 Å². The summed E-state index contributed by atoms with van der Waals surface area (Å²) in [7, 11) is 0. The highest BCUT2D eigenvalue weighted by Crippen LogP contribution is 1.98. The average Bonchev–Trinajstić information content (AvgIpc) is 1.96. The van der Waals surface area contributed by atoms with Crippen LogP contribution in [0.1, 0.15) is 33.6 Å². The summed E-state index contributed by atoms with van der Waals surface area (Å²) in [5.41, 5.74) is 1.07. The van der Waals surface area contributed by atoms with E-state index >= 15 is 0 Å². The molecule has 0 aliphatic carbocycles. The number of carbonyl (C=O) groups excluding carboxylic acids is 1. The standard InChI is InChI=1S/C10H19NO/c1-5-6-10(9(4)12)11-7-8(2)3/h10-11H,2,5-7H2,1,3-4H3. The van der Waals surface area contributed by atoms with E-state index in [1.807, 2.05) is 6.92 Å². The first-order valence-electron chi connectivity index (χ1n) is 4.46. The smallest absolute Gasteiger partial charge is 0.146 e. The van der Waals surface area contributed by atoms with Crippen LogP contribution in [0.5, 0.6) is 0 Å². The van der Waals surface area contributed by atoms with Crippen molar-refractivity contribution >= 4 is 5.78 Å². The lowest BCUT2D eigenvalue weighted by molar-refractivity contribution is -0.119. The Balaban J connectivity index is 3.79. The Kier molecular flexibility index (Phi) is 5.64. The van der Waals surface area contributed by atoms with Gasteiger partial charge in [-0.25, -0.2) is 0 Å². The Bertz CT molecular complexity index is 163. The van der Waals surface area contributed by atoms with Crippen molar-refractivity contribution in [3.8, 4) is 0 Å². The number of hydrogen-bond donors (Lipinski definition) is 1. The fourth-order valence-electron chi connectivity index (χ4n) is 1.04. The van der Waals surface area contributed by atoms with Crippen molar-refractivity contribution in [2.45, 2.75) is 39.7 Å². The molecule has 2 nitrogen and oxygen atoms in total. The SMILES string of the molecule is C=C(C)CNC(CCC)C(C)=O. The first-order chi connectivity index (χ1) is 5.57. The van der Waals surface area contributed by atoms with Gasteiger partial charge in [0.15, 0.2) is 0 Å². The van der Waals surface area contributed by atoms with Crippen LogP contribution >= 0.6 is 0 Å². The molecule has 0 radical (unpaired) electrons. The predicted octanol–water partition coefficient (Wildman–Crippen LogP) is 1.91. The molecule has 0 aromatic rings. The Labute approximate surface area is 75.0 Å². The second kappa shape index (κ2) is 5.95. The minimum absolute atomic E-state index is 0.0201. The highest BCUT2D eigenvalue weighted by molar-refractivity contribution is 5.81. The van der Waals surface area contributed by atoms with Crippen molar-refractivity contribution in [2.24, 2.45) is 0 Å². The molecule has 0 spiro atoms. The van der Waals surface area contributed by atoms with Crippen molar-refractivity contribution in [3.05, 3.63) is 12.2 Å². The van der Waals surface area contributed by atoms with Crippen LogP contribution in [0.4, 0.5) is 0 Å². The summed E-state index contributed by atoms with van der Waals surface area (Å²) in [4.78, 5) is 11.1. The summed E-state index contributed by atoms with van der Waals surface area (Å²) >= 11 is 0. The Morgan fingerprint density at radius 2 is 2.08 bits per heavy atom. The summed E-state index contributed by atoms with van der Waals surface area (Å²) in [6.07, 6.45) is 1.95. The van der Waals surface area contributed by atoms with Gasteiger partial charge in [-0.1, -0.05) is 25.5 Å². The number of carbonyl (C=O) groups is 1. The molecule has 0 amide bonds. The van der Waals surface area contributed by atoms with Gasteiger partial charge in [0.25, 0.3) is 0 Å². The van der Waals surface area contributed by atoms with E-state index in [1.165, 1.54) is 0 Å². The third-order valence-electron chi connectivity index (χ3n) is 1.72. The third kappa shape index (κ3) is 5.08. The molecule has 0 aromatic carbocycles. The molecule has 0 heterocycles. The van der Waals surface area contributed by atoms with Gasteiger partial charge in [0.2, 0.25) is 0 Å². The molecule has 0 fully saturated rings. The fraction of sp³-hybridized carbons (Fsp3) is 0.700. The molecule has 0 saturated heterocycles. The molecule has 70 valence electrons. The lowest BCUT2D eigenvalue weighted by Gasteiger charge is -2.14. The second-order valence-corrected chi connectivity index (χ2v) is 3.29. The van der Waals surface area contributed by atoms with Crippen molar-refractivity contribution in [3.63, 3.8) is 0 Å². The molecule has 1 unspecified atom stereocenters. The topological polar surface area (TPSA) is 29.1 Å². The van der Waals surface area contributed by atoms with Crippen LogP contribution in [0, 0.1) is 0 Å². The van der Waals surface area contributed by atoms with E-state index in [0.29, 0.717) is 0 Å². The molecule has 0 aromatic heterocycles. The number of hydrogen-bond acceptors (Lipinski definition) is 2. The maximum absolute atomic E-state index is 11.1. The van der Waals surface area contributed by atoms with Crippen molar-refractivity contribution in [1.82, 2.24) is 5.32 Å². The molecule has 0 bridgehead atoms. The van der Waals surface area contributed by atoms with Gasteiger partial charge in [-0.2, -0.15) is 0 Å². The monoisotopic (exact) mass is 169 g/mol. The Morgan fingerprint density at radius 1 is 1.50 bits per heavy atom. The van der Waals surface area contributed by atoms with Crippen LogP contribution in [0.15, 0.2) is 12.2 Å². The molecule has 0 aliphatic heterocycles. The Morgan fingerprint density at radius 3 is 2.42 bits per heavy atom. The van der Waals surface area contributed by atoms with Gasteiger partial charge in [0.1, 0.15) is 5.78 Å². The van der Waals surface area contributed by atoms with Crippen LogP contribution in [0.2, 0.25) is 0 Å². The minimum atomic E-state index is 0.0201. The molecule has 1 atom stereocenters. The van der Waals surface area contributed by atoms with Gasteiger partial charge in [-0.3, -0.25) is 4.79 Å². The summed E-state index contributed by atoms with van der Waals surface area (Å²) in [6.45, 7) is 10.2. The van der Waals surface area contributed by atoms with Gasteiger partial charge < -0.3 is 5.32 Å². The summed E-state index contributed by atoms with van der Waals surface area (Å²) < 4.78 is 0. The maximum Gasteiger partial charge on any atom is 0.146 e. The lowest BCUT2D eigenvalue weighted by Crippen LogP contribution is -2.36. The zero-order valence-corrected chi connectivity index (χ0v) is 8.31. The van der Waals surface area contributed by atoms with Crippen molar-refractivity contribution in [1.29, 1.82) is 0 Å². The molecule has 1 N–H and O–H groups in total. The number of Topliss-reactive ketones (excluding diaryl/α,β-unsaturated/α-hetero) is 1. The quantitative estimate of drug-likeness (QED) is 0.615. The van der Waals surface area contributed by atoms with E-state index in [9.17, 15) is 4.79 Å². The molecule has 2 heteroatoms. The van der Waals surface area contributed by atoms with Gasteiger partial charge in [0.05, 0.1) is 6.04 Å². The van der Waals surface area contributed by atoms with Gasteiger partial charge in [0, 0.05) is 6.54 Å². The number of ketones is 1. The van der Waals surface area contributed by atoms with Crippen LogP contribution in [0.25, 0.3) is 0 Å². The molecule has 0 saturated carbocycles. The van der Waals surface area contributed by atoms with E-state index in [1.54, 1.807) is 6.92 Å². The fourth-order valence-corrected chi connectivity index (χ4v) is 1.04. The predicted molar refractivity (Wildman–Crippen MR) is 52.2 cm³/mol. The van der Waals surface area contributed by atoms with Crippen LogP contribution < -0.4 is 5.32 Å². The molecule has 12 heavy (non-hydrogen) atoms. The van der Waals surface area contributed by atoms with Crippen molar-refractivity contribution < 1.29 is 4.79 Å². The minimum Gasteiger partial charge on any atom is -0.304 e. The number of rotatable bonds is 6. The number of nitrogens with one attached hydrogen (secondary N) is 1. The van der Waals surface area contributed by atoms with E-state index in [-0.39, 0.29) is 11.8 Å². The lowest BCUT2D eigenvalue weighted by atomic mass is 10.1. The van der Waals surface area contributed by atoms with E-state index < -0.39 is 0 Å². The highest BCUT2D eigenvalue weighted by atomic mass is 16.1. The van der Waals surface area contributed by atoms with Gasteiger partial charge >= 0.3 is 0 Å². The first kappa shape index (κ1) is 11.4. The van der Waals surface area contributed by atoms with Gasteiger partial charge in [-0.15, -0.1) is 0 Å². The van der Waals surface area contributed by atoms with Crippen LogP contribution in [-0.4, -0.2) is 18.4 Å². The normalized spacial score (nSPS) is 12.6. The zero-order valence-electron chi connectivity index (χ0n) is 8.31. The Hall–Kier alpha value is -0.630. The first-order valence-corrected chi connectivity index (χ1v) is 4.46. The van der Waals surface area contributed by atoms with Gasteiger partial charge in [-0.05, 0) is 20.3 Å². The maximum atomic E-state index is 11.1. The summed E-state index contributed by atoms with van der Waals surface area (Å²) in [5, 5.41) is 3.17. The largest absolute Gasteiger partial charge is 0.304 e. The average molecular weight is 169 g/mol. The van der Waals surface area contributed by atoms with Crippen LogP contribution in [0.3, 0.4) is 0 Å². The zero-order chi connectivity index (χ0) is 9.56. The summed E-state index contributed by atoms with van der Waals surface area (Å²) in [6, 6.07) is 0.0201. The molecular formula is C10H19NO. The van der Waals surface area contributed by atoms with Crippen molar-refractivity contribution in [2.75, 3.05) is 6.54 Å².